The number of aromatic amines is 1. The van der Waals surface area contributed by atoms with Crippen molar-refractivity contribution in [2.24, 2.45) is 7.05 Å². The predicted octanol–water partition coefficient (Wildman–Crippen LogP) is 0.687. The topological polar surface area (TPSA) is 63.6 Å². The van der Waals surface area contributed by atoms with E-state index in [2.05, 4.69) is 15.0 Å². The molecule has 1 N–H and O–H groups in total. The molecule has 2 heterocycles. The summed E-state index contributed by atoms with van der Waals surface area (Å²) >= 11 is 1.43. The van der Waals surface area contributed by atoms with Crippen molar-refractivity contribution in [3.8, 4) is 0 Å². The third-order valence-electron chi connectivity index (χ3n) is 2.00. The van der Waals surface area contributed by atoms with Crippen LogP contribution in [0.4, 0.5) is 0 Å². The van der Waals surface area contributed by atoms with E-state index < -0.39 is 0 Å². The monoisotopic (exact) mass is 210 g/mol. The predicted molar refractivity (Wildman–Crippen MR) is 55.6 cm³/mol. The van der Waals surface area contributed by atoms with Crippen LogP contribution in [0.1, 0.15) is 5.82 Å². The lowest BCUT2D eigenvalue weighted by Gasteiger charge is -2.03. The molecule has 0 bridgehead atoms. The maximum atomic E-state index is 11.5. The number of hydrogen-bond acceptors (Lipinski definition) is 4. The summed E-state index contributed by atoms with van der Waals surface area (Å²) < 4.78 is 1.81. The second-order valence-electron chi connectivity index (χ2n) is 2.98. The van der Waals surface area contributed by atoms with E-state index in [4.69, 9.17) is 0 Å². The zero-order valence-electron chi connectivity index (χ0n) is 8.16. The van der Waals surface area contributed by atoms with Gasteiger partial charge >= 0.3 is 0 Å². The first-order valence-electron chi connectivity index (χ1n) is 4.11. The SMILES string of the molecule is CSc1nc(=O)c2[nH]c(C)nc2n1C. The van der Waals surface area contributed by atoms with E-state index in [0.717, 1.165) is 5.82 Å². The normalized spacial score (nSPS) is 11.1. The van der Waals surface area contributed by atoms with Crippen molar-refractivity contribution >= 4 is 22.9 Å². The Hall–Kier alpha value is -1.30. The summed E-state index contributed by atoms with van der Waals surface area (Å²) in [6.07, 6.45) is 1.88. The van der Waals surface area contributed by atoms with Crippen molar-refractivity contribution in [3.63, 3.8) is 0 Å². The largest absolute Gasteiger partial charge is 0.336 e. The Morgan fingerprint density at radius 3 is 2.79 bits per heavy atom. The Labute approximate surface area is 84.6 Å². The maximum Gasteiger partial charge on any atom is 0.299 e. The highest BCUT2D eigenvalue weighted by molar-refractivity contribution is 7.98. The molecule has 0 spiro atoms. The van der Waals surface area contributed by atoms with Gasteiger partial charge in [-0.25, -0.2) is 4.98 Å². The molecule has 2 rings (SSSR count). The fourth-order valence-electron chi connectivity index (χ4n) is 1.36. The lowest BCUT2D eigenvalue weighted by Crippen LogP contribution is -2.13. The van der Waals surface area contributed by atoms with E-state index in [0.29, 0.717) is 16.3 Å². The van der Waals surface area contributed by atoms with Gasteiger partial charge in [0.1, 0.15) is 5.82 Å². The van der Waals surface area contributed by atoms with E-state index in [1.54, 1.807) is 0 Å². The summed E-state index contributed by atoms with van der Waals surface area (Å²) in [5.74, 6) is 0.729. The second-order valence-corrected chi connectivity index (χ2v) is 3.76. The minimum absolute atomic E-state index is 0.247. The molecular formula is C8H10N4OS. The Balaban J connectivity index is 2.93. The Bertz CT molecular complexity index is 542. The molecule has 0 radical (unpaired) electrons. The minimum atomic E-state index is -0.247. The van der Waals surface area contributed by atoms with Crippen LogP contribution in [0, 0.1) is 6.92 Å². The number of aryl methyl sites for hydroxylation is 2. The van der Waals surface area contributed by atoms with Crippen LogP contribution >= 0.6 is 11.8 Å². The van der Waals surface area contributed by atoms with Gasteiger partial charge in [-0.2, -0.15) is 4.98 Å². The van der Waals surface area contributed by atoms with Crippen LogP contribution < -0.4 is 5.56 Å². The van der Waals surface area contributed by atoms with Crippen molar-refractivity contribution in [1.82, 2.24) is 19.5 Å². The molecule has 0 aliphatic rings. The van der Waals surface area contributed by atoms with Crippen molar-refractivity contribution in [2.45, 2.75) is 12.1 Å². The molecule has 0 fully saturated rings. The number of nitrogens with one attached hydrogen (secondary N) is 1. The van der Waals surface area contributed by atoms with Gasteiger partial charge in [-0.05, 0) is 13.2 Å². The lowest BCUT2D eigenvalue weighted by atomic mass is 10.5. The van der Waals surface area contributed by atoms with Gasteiger partial charge in [-0.3, -0.25) is 4.79 Å². The molecule has 0 aromatic carbocycles. The zero-order valence-corrected chi connectivity index (χ0v) is 8.97. The molecule has 2 aromatic rings. The summed E-state index contributed by atoms with van der Waals surface area (Å²) in [4.78, 5) is 22.6. The number of rotatable bonds is 1. The van der Waals surface area contributed by atoms with Gasteiger partial charge in [0.2, 0.25) is 0 Å². The van der Waals surface area contributed by atoms with E-state index >= 15 is 0 Å². The summed E-state index contributed by atoms with van der Waals surface area (Å²) in [5, 5.41) is 0.675. The van der Waals surface area contributed by atoms with Gasteiger partial charge in [0.15, 0.2) is 16.3 Å². The molecule has 6 heteroatoms. The van der Waals surface area contributed by atoms with Crippen LogP contribution in [0.5, 0.6) is 0 Å². The Morgan fingerprint density at radius 1 is 1.43 bits per heavy atom. The first-order chi connectivity index (χ1) is 6.63. The van der Waals surface area contributed by atoms with Gasteiger partial charge in [0.25, 0.3) is 5.56 Å². The smallest absolute Gasteiger partial charge is 0.299 e. The van der Waals surface area contributed by atoms with Gasteiger partial charge in [-0.1, -0.05) is 11.8 Å². The standard InChI is InChI=1S/C8H10N4OS/c1-4-9-5-6(10-4)12(2)8(14-3)11-7(5)13/h1-3H3,(H,9,10). The van der Waals surface area contributed by atoms with Gasteiger partial charge in [-0.15, -0.1) is 0 Å². The highest BCUT2D eigenvalue weighted by atomic mass is 32.2. The van der Waals surface area contributed by atoms with Gasteiger partial charge < -0.3 is 9.55 Å². The van der Waals surface area contributed by atoms with Crippen LogP contribution in [0.25, 0.3) is 11.2 Å². The average Bonchev–Trinajstić information content (AvgIpc) is 2.54. The molecule has 0 aliphatic heterocycles. The molecule has 2 aromatic heterocycles. The molecule has 0 amide bonds. The second kappa shape index (κ2) is 3.13. The molecule has 0 saturated carbocycles. The molecule has 0 unspecified atom stereocenters. The third-order valence-corrected chi connectivity index (χ3v) is 2.73. The van der Waals surface area contributed by atoms with Crippen LogP contribution in [-0.4, -0.2) is 25.8 Å². The zero-order chi connectivity index (χ0) is 10.3. The fraction of sp³-hybridized carbons (Fsp3) is 0.375. The van der Waals surface area contributed by atoms with Gasteiger partial charge in [0, 0.05) is 7.05 Å². The molecule has 0 saturated heterocycles. The van der Waals surface area contributed by atoms with E-state index in [1.165, 1.54) is 11.8 Å². The van der Waals surface area contributed by atoms with E-state index in [-0.39, 0.29) is 5.56 Å². The number of imidazole rings is 1. The number of H-pyrrole nitrogens is 1. The number of nitrogens with zero attached hydrogens (tertiary/aromatic N) is 3. The molecule has 0 aliphatic carbocycles. The fourth-order valence-corrected chi connectivity index (χ4v) is 1.90. The van der Waals surface area contributed by atoms with Crippen LogP contribution in [0.3, 0.4) is 0 Å². The molecule has 74 valence electrons. The van der Waals surface area contributed by atoms with Gasteiger partial charge in [0.05, 0.1) is 0 Å². The van der Waals surface area contributed by atoms with Crippen molar-refractivity contribution in [2.75, 3.05) is 6.26 Å². The summed E-state index contributed by atoms with van der Waals surface area (Å²) in [7, 11) is 1.85. The van der Waals surface area contributed by atoms with Crippen LogP contribution in [0.2, 0.25) is 0 Å². The quantitative estimate of drug-likeness (QED) is 0.555. The average molecular weight is 210 g/mol. The third kappa shape index (κ3) is 1.22. The number of fused-ring (bicyclic) bond motifs is 1. The van der Waals surface area contributed by atoms with E-state index in [9.17, 15) is 4.79 Å². The molecular weight excluding hydrogens is 200 g/mol. The minimum Gasteiger partial charge on any atom is -0.336 e. The van der Waals surface area contributed by atoms with Crippen LogP contribution in [-0.2, 0) is 7.05 Å². The Kier molecular flexibility index (Phi) is 2.07. The van der Waals surface area contributed by atoms with Crippen molar-refractivity contribution in [1.29, 1.82) is 0 Å². The molecule has 5 nitrogen and oxygen atoms in total. The van der Waals surface area contributed by atoms with Crippen LogP contribution in [0.15, 0.2) is 9.95 Å². The van der Waals surface area contributed by atoms with Crippen molar-refractivity contribution in [3.05, 3.63) is 16.2 Å². The summed E-state index contributed by atoms with van der Waals surface area (Å²) in [6.45, 7) is 1.82. The maximum absolute atomic E-state index is 11.5. The Morgan fingerprint density at radius 2 is 2.14 bits per heavy atom. The molecule has 14 heavy (non-hydrogen) atoms. The number of hydrogen-bond donors (Lipinski definition) is 1. The highest BCUT2D eigenvalue weighted by Gasteiger charge is 2.10. The number of thioether (sulfide) groups is 1. The first-order valence-corrected chi connectivity index (χ1v) is 5.33. The lowest BCUT2D eigenvalue weighted by molar-refractivity contribution is 0.758. The summed E-state index contributed by atoms with van der Waals surface area (Å²) in [5.41, 5.74) is 0.887. The van der Waals surface area contributed by atoms with E-state index in [1.807, 2.05) is 24.8 Å². The summed E-state index contributed by atoms with van der Waals surface area (Å²) in [6, 6.07) is 0. The number of aromatic nitrogens is 4. The molecule has 0 atom stereocenters. The first kappa shape index (κ1) is 9.26. The van der Waals surface area contributed by atoms with Crippen molar-refractivity contribution < 1.29 is 0 Å². The highest BCUT2D eigenvalue weighted by Crippen LogP contribution is 2.13.